The molecular formula is C23H27ClN4O. The smallest absolute Gasteiger partial charge is 0.222 e. The van der Waals surface area contributed by atoms with E-state index >= 15 is 0 Å². The first-order chi connectivity index (χ1) is 13.8. The van der Waals surface area contributed by atoms with E-state index in [9.17, 15) is 4.79 Å². The van der Waals surface area contributed by atoms with Crippen LogP contribution in [0.3, 0.4) is 0 Å². The van der Waals surface area contributed by atoms with Gasteiger partial charge in [-0.05, 0) is 63.4 Å². The highest BCUT2D eigenvalue weighted by Gasteiger charge is 2.22. The molecule has 3 rings (SSSR count). The first-order valence-electron chi connectivity index (χ1n) is 9.75. The van der Waals surface area contributed by atoms with E-state index < -0.39 is 0 Å². The first kappa shape index (κ1) is 21.1. The van der Waals surface area contributed by atoms with E-state index in [1.165, 1.54) is 0 Å². The Labute approximate surface area is 177 Å². The first-order valence-corrected chi connectivity index (χ1v) is 10.1. The standard InChI is InChI=1S/C23H27ClN4O/c1-14-6-7-15(2)20(12-14)23(19-8-10-25-11-9-19)26-21(29)13-16(3)28-18(5)22(24)17(4)27-28/h6-12,16,23H,13H2,1-5H3,(H,26,29)/t16-,23-/m1/s1. The van der Waals surface area contributed by atoms with E-state index in [-0.39, 0.29) is 18.0 Å². The van der Waals surface area contributed by atoms with Crippen molar-refractivity contribution in [2.75, 3.05) is 0 Å². The Kier molecular flexibility index (Phi) is 6.38. The molecular weight excluding hydrogens is 384 g/mol. The number of benzene rings is 1. The largest absolute Gasteiger partial charge is 0.345 e. The van der Waals surface area contributed by atoms with Gasteiger partial charge in [-0.2, -0.15) is 5.10 Å². The minimum atomic E-state index is -0.235. The Bertz CT molecular complexity index is 1010. The van der Waals surface area contributed by atoms with Crippen LogP contribution in [0.5, 0.6) is 0 Å². The molecule has 29 heavy (non-hydrogen) atoms. The van der Waals surface area contributed by atoms with Gasteiger partial charge in [0.05, 0.1) is 28.5 Å². The van der Waals surface area contributed by atoms with Crippen molar-refractivity contribution < 1.29 is 4.79 Å². The van der Waals surface area contributed by atoms with E-state index in [0.29, 0.717) is 11.4 Å². The summed E-state index contributed by atoms with van der Waals surface area (Å²) in [4.78, 5) is 17.1. The molecule has 6 heteroatoms. The number of aromatic nitrogens is 3. The summed E-state index contributed by atoms with van der Waals surface area (Å²) in [5.41, 5.74) is 6.04. The van der Waals surface area contributed by atoms with Crippen molar-refractivity contribution >= 4 is 17.5 Å². The normalized spacial score (nSPS) is 13.2. The van der Waals surface area contributed by atoms with E-state index in [2.05, 4.69) is 47.4 Å². The van der Waals surface area contributed by atoms with Crippen LogP contribution in [-0.2, 0) is 4.79 Å². The molecule has 3 aromatic rings. The molecule has 0 spiro atoms. The van der Waals surface area contributed by atoms with Crippen molar-refractivity contribution in [1.82, 2.24) is 20.1 Å². The zero-order chi connectivity index (χ0) is 21.1. The second-order valence-corrected chi connectivity index (χ2v) is 8.00. The number of nitrogens with one attached hydrogen (secondary N) is 1. The highest BCUT2D eigenvalue weighted by Crippen LogP contribution is 2.27. The van der Waals surface area contributed by atoms with Gasteiger partial charge in [-0.25, -0.2) is 0 Å². The zero-order valence-corrected chi connectivity index (χ0v) is 18.3. The lowest BCUT2D eigenvalue weighted by Crippen LogP contribution is -2.31. The van der Waals surface area contributed by atoms with Crippen LogP contribution in [0.25, 0.3) is 0 Å². The quantitative estimate of drug-likeness (QED) is 0.620. The summed E-state index contributed by atoms with van der Waals surface area (Å²) >= 11 is 6.27. The van der Waals surface area contributed by atoms with Gasteiger partial charge in [0.15, 0.2) is 0 Å². The second-order valence-electron chi connectivity index (χ2n) is 7.62. The van der Waals surface area contributed by atoms with Crippen molar-refractivity contribution in [3.8, 4) is 0 Å². The van der Waals surface area contributed by atoms with Gasteiger partial charge in [-0.3, -0.25) is 14.5 Å². The molecule has 0 aliphatic heterocycles. The molecule has 1 N–H and O–H groups in total. The molecule has 5 nitrogen and oxygen atoms in total. The van der Waals surface area contributed by atoms with Gasteiger partial charge in [0.2, 0.25) is 5.91 Å². The lowest BCUT2D eigenvalue weighted by molar-refractivity contribution is -0.122. The maximum absolute atomic E-state index is 13.0. The predicted molar refractivity (Wildman–Crippen MR) is 116 cm³/mol. The number of hydrogen-bond donors (Lipinski definition) is 1. The van der Waals surface area contributed by atoms with Gasteiger partial charge in [-0.1, -0.05) is 35.4 Å². The van der Waals surface area contributed by atoms with Gasteiger partial charge < -0.3 is 5.32 Å². The van der Waals surface area contributed by atoms with Crippen molar-refractivity contribution in [3.63, 3.8) is 0 Å². The van der Waals surface area contributed by atoms with Crippen molar-refractivity contribution in [3.05, 3.63) is 81.4 Å². The Balaban J connectivity index is 1.85. The van der Waals surface area contributed by atoms with Gasteiger partial charge in [0, 0.05) is 18.8 Å². The second kappa shape index (κ2) is 8.78. The monoisotopic (exact) mass is 410 g/mol. The number of amides is 1. The maximum atomic E-state index is 13.0. The highest BCUT2D eigenvalue weighted by atomic mass is 35.5. The highest BCUT2D eigenvalue weighted by molar-refractivity contribution is 6.31. The molecule has 0 aliphatic carbocycles. The summed E-state index contributed by atoms with van der Waals surface area (Å²) in [6, 6.07) is 9.85. The van der Waals surface area contributed by atoms with Crippen LogP contribution < -0.4 is 5.32 Å². The van der Waals surface area contributed by atoms with Gasteiger partial charge in [0.1, 0.15) is 0 Å². The Morgan fingerprint density at radius 1 is 1.14 bits per heavy atom. The average molecular weight is 411 g/mol. The molecule has 0 aliphatic rings. The number of carbonyl (C=O) groups excluding carboxylic acids is 1. The minimum absolute atomic E-state index is 0.0381. The summed E-state index contributed by atoms with van der Waals surface area (Å²) < 4.78 is 1.83. The summed E-state index contributed by atoms with van der Waals surface area (Å²) in [5.74, 6) is -0.0381. The molecule has 1 amide bonds. The molecule has 0 unspecified atom stereocenters. The molecule has 0 bridgehead atoms. The zero-order valence-electron chi connectivity index (χ0n) is 17.5. The number of aryl methyl sites for hydroxylation is 3. The third-order valence-corrected chi connectivity index (χ3v) is 5.77. The molecule has 152 valence electrons. The molecule has 0 saturated heterocycles. The predicted octanol–water partition coefficient (Wildman–Crippen LogP) is 5.02. The molecule has 0 radical (unpaired) electrons. The van der Waals surface area contributed by atoms with Crippen LogP contribution in [0.1, 0.15) is 59.1 Å². The molecule has 0 fully saturated rings. The van der Waals surface area contributed by atoms with E-state index in [4.69, 9.17) is 11.6 Å². The van der Waals surface area contributed by atoms with Gasteiger partial charge in [-0.15, -0.1) is 0 Å². The van der Waals surface area contributed by atoms with Crippen LogP contribution >= 0.6 is 11.6 Å². The molecule has 0 saturated carbocycles. The number of nitrogens with zero attached hydrogens (tertiary/aromatic N) is 3. The summed E-state index contributed by atoms with van der Waals surface area (Å²) in [5, 5.41) is 8.35. The van der Waals surface area contributed by atoms with Crippen LogP contribution in [0, 0.1) is 27.7 Å². The average Bonchev–Trinajstić information content (AvgIpc) is 2.96. The fourth-order valence-electron chi connectivity index (χ4n) is 3.61. The number of rotatable bonds is 6. The molecule has 1 aromatic carbocycles. The molecule has 2 aromatic heterocycles. The van der Waals surface area contributed by atoms with Crippen molar-refractivity contribution in [2.45, 2.75) is 53.1 Å². The summed E-state index contributed by atoms with van der Waals surface area (Å²) in [6.07, 6.45) is 3.81. The lowest BCUT2D eigenvalue weighted by Gasteiger charge is -2.23. The topological polar surface area (TPSA) is 59.8 Å². The number of carbonyl (C=O) groups is 1. The third-order valence-electron chi connectivity index (χ3n) is 5.23. The van der Waals surface area contributed by atoms with E-state index in [1.807, 2.05) is 37.6 Å². The summed E-state index contributed by atoms with van der Waals surface area (Å²) in [6.45, 7) is 9.90. The number of hydrogen-bond acceptors (Lipinski definition) is 3. The Morgan fingerprint density at radius 2 is 1.83 bits per heavy atom. The summed E-state index contributed by atoms with van der Waals surface area (Å²) in [7, 11) is 0. The van der Waals surface area contributed by atoms with Crippen LogP contribution in [0.4, 0.5) is 0 Å². The van der Waals surface area contributed by atoms with Crippen molar-refractivity contribution in [2.24, 2.45) is 0 Å². The number of pyridine rings is 1. The fraction of sp³-hybridized carbons (Fsp3) is 0.348. The third kappa shape index (κ3) is 4.67. The Hall–Kier alpha value is -2.66. The van der Waals surface area contributed by atoms with E-state index in [0.717, 1.165) is 33.6 Å². The fourth-order valence-corrected chi connectivity index (χ4v) is 3.74. The van der Waals surface area contributed by atoms with E-state index in [1.54, 1.807) is 12.4 Å². The van der Waals surface area contributed by atoms with Crippen LogP contribution in [0.2, 0.25) is 5.02 Å². The lowest BCUT2D eigenvalue weighted by atomic mass is 9.94. The molecule has 2 heterocycles. The SMILES string of the molecule is Cc1ccc(C)c([C@H](NC(=O)C[C@@H](C)n2nc(C)c(Cl)c2C)c2ccncc2)c1. The van der Waals surface area contributed by atoms with Crippen LogP contribution in [0.15, 0.2) is 42.7 Å². The van der Waals surface area contributed by atoms with Crippen molar-refractivity contribution in [1.29, 1.82) is 0 Å². The number of halogens is 1. The molecule has 2 atom stereocenters. The van der Waals surface area contributed by atoms with Crippen LogP contribution in [-0.4, -0.2) is 20.7 Å². The van der Waals surface area contributed by atoms with Gasteiger partial charge >= 0.3 is 0 Å². The Morgan fingerprint density at radius 3 is 2.45 bits per heavy atom. The maximum Gasteiger partial charge on any atom is 0.222 e. The van der Waals surface area contributed by atoms with Gasteiger partial charge in [0.25, 0.3) is 0 Å². The minimum Gasteiger partial charge on any atom is -0.345 e.